The molecule has 0 radical (unpaired) electrons. The molecule has 1 aliphatic rings. The van der Waals surface area contributed by atoms with Gasteiger partial charge in [-0.15, -0.1) is 0 Å². The minimum absolute atomic E-state index is 0.0741. The topological polar surface area (TPSA) is 30.5 Å². The molecule has 2 rings (SSSR count). The molecule has 0 aromatic heterocycles. The van der Waals surface area contributed by atoms with Crippen LogP contribution in [0.2, 0.25) is 0 Å². The molecule has 0 amide bonds. The summed E-state index contributed by atoms with van der Waals surface area (Å²) in [7, 11) is 3.69. The Bertz CT molecular complexity index is 405. The van der Waals surface area contributed by atoms with Crippen molar-refractivity contribution in [2.45, 2.75) is 38.3 Å². The number of ether oxygens (including phenoxy) is 2. The van der Waals surface area contributed by atoms with Gasteiger partial charge in [-0.2, -0.15) is 0 Å². The molecule has 1 aliphatic heterocycles. The van der Waals surface area contributed by atoms with Crippen LogP contribution in [0.3, 0.4) is 0 Å². The highest BCUT2D eigenvalue weighted by Crippen LogP contribution is 2.42. The second kappa shape index (κ2) is 4.57. The predicted molar refractivity (Wildman–Crippen MR) is 68.7 cm³/mol. The van der Waals surface area contributed by atoms with Crippen LogP contribution >= 0.6 is 0 Å². The zero-order valence-electron chi connectivity index (χ0n) is 11.0. The fraction of sp³-hybridized carbons (Fsp3) is 0.571. The van der Waals surface area contributed by atoms with Gasteiger partial charge in [-0.25, -0.2) is 0 Å². The van der Waals surface area contributed by atoms with Gasteiger partial charge < -0.3 is 14.8 Å². The summed E-state index contributed by atoms with van der Waals surface area (Å²) in [6.45, 7) is 4.34. The third kappa shape index (κ3) is 2.25. The lowest BCUT2D eigenvalue weighted by Gasteiger charge is -2.39. The van der Waals surface area contributed by atoms with E-state index in [0.717, 1.165) is 24.3 Å². The van der Waals surface area contributed by atoms with Crippen molar-refractivity contribution in [1.29, 1.82) is 0 Å². The van der Waals surface area contributed by atoms with Crippen molar-refractivity contribution in [1.82, 2.24) is 5.32 Å². The number of fused-ring (bicyclic) bond motifs is 1. The fourth-order valence-corrected chi connectivity index (χ4v) is 2.34. The summed E-state index contributed by atoms with van der Waals surface area (Å²) in [5.41, 5.74) is 1.12. The number of benzene rings is 1. The van der Waals surface area contributed by atoms with Crippen LogP contribution in [0.15, 0.2) is 18.2 Å². The Labute approximate surface area is 103 Å². The van der Waals surface area contributed by atoms with Crippen LogP contribution in [0.4, 0.5) is 0 Å². The van der Waals surface area contributed by atoms with Gasteiger partial charge in [-0.05, 0) is 38.6 Å². The molecule has 2 atom stereocenters. The summed E-state index contributed by atoms with van der Waals surface area (Å²) in [4.78, 5) is 0. The van der Waals surface area contributed by atoms with Gasteiger partial charge >= 0.3 is 0 Å². The second-order valence-corrected chi connectivity index (χ2v) is 4.85. The number of rotatable bonds is 3. The molecule has 0 bridgehead atoms. The Balaban J connectivity index is 2.40. The van der Waals surface area contributed by atoms with Crippen molar-refractivity contribution in [3.8, 4) is 11.5 Å². The van der Waals surface area contributed by atoms with E-state index in [1.165, 1.54) is 5.56 Å². The summed E-state index contributed by atoms with van der Waals surface area (Å²) in [6, 6.07) is 6.35. The molecular weight excluding hydrogens is 214 g/mol. The van der Waals surface area contributed by atoms with Crippen LogP contribution in [-0.2, 0) is 0 Å². The maximum atomic E-state index is 6.10. The van der Waals surface area contributed by atoms with Crippen LogP contribution in [0.1, 0.15) is 38.3 Å². The molecule has 3 nitrogen and oxygen atoms in total. The normalized spacial score (nSPS) is 27.2. The monoisotopic (exact) mass is 235 g/mol. The molecule has 0 saturated heterocycles. The van der Waals surface area contributed by atoms with E-state index in [4.69, 9.17) is 9.47 Å². The van der Waals surface area contributed by atoms with Gasteiger partial charge in [-0.3, -0.25) is 0 Å². The molecule has 1 aromatic rings. The summed E-state index contributed by atoms with van der Waals surface area (Å²) in [5.74, 6) is 1.86. The third-order valence-corrected chi connectivity index (χ3v) is 3.68. The smallest absolute Gasteiger partial charge is 0.125 e. The van der Waals surface area contributed by atoms with E-state index < -0.39 is 0 Å². The SMILES string of the molecule is CCC1(C)CC(NC)c2cc(OC)ccc2O1. The summed E-state index contributed by atoms with van der Waals surface area (Å²) >= 11 is 0. The molecule has 0 saturated carbocycles. The lowest BCUT2D eigenvalue weighted by Crippen LogP contribution is -2.40. The van der Waals surface area contributed by atoms with Crippen molar-refractivity contribution in [3.05, 3.63) is 23.8 Å². The second-order valence-electron chi connectivity index (χ2n) is 4.85. The number of hydrogen-bond acceptors (Lipinski definition) is 3. The van der Waals surface area contributed by atoms with Crippen molar-refractivity contribution in [2.24, 2.45) is 0 Å². The lowest BCUT2D eigenvalue weighted by molar-refractivity contribution is 0.0453. The first-order valence-corrected chi connectivity index (χ1v) is 6.16. The van der Waals surface area contributed by atoms with Crippen LogP contribution in [0.25, 0.3) is 0 Å². The summed E-state index contributed by atoms with van der Waals surface area (Å²) < 4.78 is 11.4. The first-order chi connectivity index (χ1) is 8.11. The van der Waals surface area contributed by atoms with Crippen molar-refractivity contribution >= 4 is 0 Å². The van der Waals surface area contributed by atoms with Gasteiger partial charge in [0.15, 0.2) is 0 Å². The van der Waals surface area contributed by atoms with E-state index in [2.05, 4.69) is 25.2 Å². The number of methoxy groups -OCH3 is 1. The van der Waals surface area contributed by atoms with Gasteiger partial charge in [0.25, 0.3) is 0 Å². The summed E-state index contributed by atoms with van der Waals surface area (Å²) in [6.07, 6.45) is 2.00. The van der Waals surface area contributed by atoms with Crippen LogP contribution < -0.4 is 14.8 Å². The maximum Gasteiger partial charge on any atom is 0.125 e. The van der Waals surface area contributed by atoms with E-state index >= 15 is 0 Å². The predicted octanol–water partition coefficient (Wildman–Crippen LogP) is 2.91. The Morgan fingerprint density at radius 3 is 2.88 bits per heavy atom. The van der Waals surface area contributed by atoms with Crippen molar-refractivity contribution < 1.29 is 9.47 Å². The van der Waals surface area contributed by atoms with Crippen molar-refractivity contribution in [2.75, 3.05) is 14.2 Å². The minimum atomic E-state index is -0.0741. The van der Waals surface area contributed by atoms with E-state index in [1.54, 1.807) is 7.11 Å². The molecule has 0 fully saturated rings. The first kappa shape index (κ1) is 12.2. The molecule has 17 heavy (non-hydrogen) atoms. The average Bonchev–Trinajstić information content (AvgIpc) is 2.37. The first-order valence-electron chi connectivity index (χ1n) is 6.16. The van der Waals surface area contributed by atoms with E-state index in [0.29, 0.717) is 6.04 Å². The highest BCUT2D eigenvalue weighted by atomic mass is 16.5. The van der Waals surface area contributed by atoms with Crippen LogP contribution in [0.5, 0.6) is 11.5 Å². The highest BCUT2D eigenvalue weighted by Gasteiger charge is 2.35. The summed E-state index contributed by atoms with van der Waals surface area (Å²) in [5, 5.41) is 3.37. The van der Waals surface area contributed by atoms with Gasteiger partial charge in [0.05, 0.1) is 7.11 Å². The third-order valence-electron chi connectivity index (χ3n) is 3.68. The molecular formula is C14H21NO2. The zero-order chi connectivity index (χ0) is 12.5. The number of hydrogen-bond donors (Lipinski definition) is 1. The Morgan fingerprint density at radius 2 is 2.29 bits per heavy atom. The highest BCUT2D eigenvalue weighted by molar-refractivity contribution is 5.44. The minimum Gasteiger partial charge on any atom is -0.497 e. The largest absolute Gasteiger partial charge is 0.497 e. The Morgan fingerprint density at radius 1 is 1.53 bits per heavy atom. The lowest BCUT2D eigenvalue weighted by atomic mass is 9.87. The van der Waals surface area contributed by atoms with E-state index in [-0.39, 0.29) is 5.60 Å². The average molecular weight is 235 g/mol. The van der Waals surface area contributed by atoms with E-state index in [9.17, 15) is 0 Å². The van der Waals surface area contributed by atoms with Gasteiger partial charge in [0.1, 0.15) is 17.1 Å². The zero-order valence-corrected chi connectivity index (χ0v) is 11.0. The standard InChI is InChI=1S/C14H21NO2/c1-5-14(2)9-12(15-3)11-8-10(16-4)6-7-13(11)17-14/h6-8,12,15H,5,9H2,1-4H3. The van der Waals surface area contributed by atoms with E-state index in [1.807, 2.05) is 19.2 Å². The number of nitrogens with one attached hydrogen (secondary N) is 1. The quantitative estimate of drug-likeness (QED) is 0.873. The van der Waals surface area contributed by atoms with Crippen molar-refractivity contribution in [3.63, 3.8) is 0 Å². The molecule has 0 aliphatic carbocycles. The molecule has 1 heterocycles. The molecule has 0 spiro atoms. The fourth-order valence-electron chi connectivity index (χ4n) is 2.34. The maximum absolute atomic E-state index is 6.10. The molecule has 3 heteroatoms. The van der Waals surface area contributed by atoms with Gasteiger partial charge in [0.2, 0.25) is 0 Å². The van der Waals surface area contributed by atoms with Gasteiger partial charge in [-0.1, -0.05) is 6.92 Å². The Kier molecular flexibility index (Phi) is 3.29. The van der Waals surface area contributed by atoms with Crippen LogP contribution in [0, 0.1) is 0 Å². The van der Waals surface area contributed by atoms with Gasteiger partial charge in [0, 0.05) is 18.0 Å². The van der Waals surface area contributed by atoms with Crippen LogP contribution in [-0.4, -0.2) is 19.8 Å². The molecule has 1 N–H and O–H groups in total. The molecule has 1 aromatic carbocycles. The molecule has 94 valence electrons. The molecule has 2 unspecified atom stereocenters. The Hall–Kier alpha value is -1.22.